The summed E-state index contributed by atoms with van der Waals surface area (Å²) in [4.78, 5) is 16.7. The summed E-state index contributed by atoms with van der Waals surface area (Å²) in [6.07, 6.45) is 0. The fraction of sp³-hybridized carbons (Fsp3) is 0.194. The number of anilines is 1. The molecule has 0 aromatic heterocycles. The minimum atomic E-state index is -1.20. The van der Waals surface area contributed by atoms with Crippen LogP contribution in [0.2, 0.25) is 5.02 Å². The van der Waals surface area contributed by atoms with E-state index in [9.17, 15) is 15.0 Å². The van der Waals surface area contributed by atoms with Gasteiger partial charge in [-0.25, -0.2) is 0 Å². The predicted molar refractivity (Wildman–Crippen MR) is 152 cm³/mol. The number of fused-ring (bicyclic) bond motifs is 1. The van der Waals surface area contributed by atoms with Crippen LogP contribution in [0.25, 0.3) is 0 Å². The lowest BCUT2D eigenvalue weighted by Gasteiger charge is -2.32. The van der Waals surface area contributed by atoms with Gasteiger partial charge in [-0.05, 0) is 90.9 Å². The number of nitrogens with zero attached hydrogens (tertiary/aromatic N) is 1. The first-order valence-electron chi connectivity index (χ1n) is 12.0. The molecule has 1 aliphatic heterocycles. The molecule has 0 aliphatic carbocycles. The highest BCUT2D eigenvalue weighted by Gasteiger charge is 2.54. The average molecular weight is 577 g/mol. The van der Waals surface area contributed by atoms with Gasteiger partial charge in [0.1, 0.15) is 16.9 Å². The van der Waals surface area contributed by atoms with Crippen molar-refractivity contribution in [2.75, 3.05) is 4.90 Å². The van der Waals surface area contributed by atoms with Crippen LogP contribution >= 0.6 is 27.5 Å². The summed E-state index contributed by atoms with van der Waals surface area (Å²) in [5, 5.41) is 21.8. The maximum Gasteiger partial charge on any atom is 0.247 e. The molecule has 0 radical (unpaired) electrons. The number of halogens is 2. The molecular formula is C31H27BrClNO3. The Morgan fingerprint density at radius 2 is 1.32 bits per heavy atom. The Hall–Kier alpha value is -3.28. The fourth-order valence-corrected chi connectivity index (χ4v) is 6.05. The van der Waals surface area contributed by atoms with Crippen molar-refractivity contribution >= 4 is 39.1 Å². The maximum atomic E-state index is 14.9. The minimum Gasteiger partial charge on any atom is -0.507 e. The quantitative estimate of drug-likeness (QED) is 0.263. The molecule has 1 heterocycles. The molecule has 0 unspecified atom stereocenters. The van der Waals surface area contributed by atoms with Gasteiger partial charge in [-0.1, -0.05) is 70.0 Å². The Bertz CT molecular complexity index is 1480. The number of carbonyl (C=O) groups excluding carboxylic acids is 1. The minimum absolute atomic E-state index is 0.116. The normalized spacial score (nSPS) is 14.2. The molecule has 6 heteroatoms. The molecule has 0 fully saturated rings. The van der Waals surface area contributed by atoms with E-state index in [1.54, 1.807) is 4.90 Å². The van der Waals surface area contributed by atoms with Gasteiger partial charge in [-0.2, -0.15) is 0 Å². The van der Waals surface area contributed by atoms with Crippen LogP contribution in [0.3, 0.4) is 0 Å². The number of aryl methyl sites for hydroxylation is 4. The van der Waals surface area contributed by atoms with Crippen LogP contribution < -0.4 is 4.90 Å². The van der Waals surface area contributed by atoms with Gasteiger partial charge in [-0.15, -0.1) is 0 Å². The van der Waals surface area contributed by atoms with E-state index in [-0.39, 0.29) is 17.4 Å². The molecular weight excluding hydrogens is 550 g/mol. The molecule has 2 N–H and O–H groups in total. The van der Waals surface area contributed by atoms with E-state index in [0.717, 1.165) is 32.4 Å². The van der Waals surface area contributed by atoms with Crippen molar-refractivity contribution in [2.45, 2.75) is 39.7 Å². The Balaban J connectivity index is 1.87. The summed E-state index contributed by atoms with van der Waals surface area (Å²) in [6.45, 7) is 7.68. The van der Waals surface area contributed by atoms with Gasteiger partial charge in [0.25, 0.3) is 0 Å². The van der Waals surface area contributed by atoms with Crippen LogP contribution in [0.4, 0.5) is 5.69 Å². The summed E-state index contributed by atoms with van der Waals surface area (Å²) in [7, 11) is 0. The number of carbonyl (C=O) groups is 1. The highest BCUT2D eigenvalue weighted by Crippen LogP contribution is 2.53. The number of phenolic OH excluding ortho intramolecular Hbond substituents is 2. The summed E-state index contributed by atoms with van der Waals surface area (Å²) < 4.78 is 0.850. The lowest BCUT2D eigenvalue weighted by molar-refractivity contribution is -0.120. The number of benzene rings is 4. The van der Waals surface area contributed by atoms with E-state index >= 15 is 0 Å². The molecule has 0 saturated heterocycles. The summed E-state index contributed by atoms with van der Waals surface area (Å²) >= 11 is 10.2. The average Bonchev–Trinajstić information content (AvgIpc) is 3.09. The largest absolute Gasteiger partial charge is 0.507 e. The van der Waals surface area contributed by atoms with Crippen LogP contribution in [0.15, 0.2) is 71.2 Å². The molecule has 0 saturated carbocycles. The van der Waals surface area contributed by atoms with Crippen LogP contribution in [0.1, 0.15) is 44.5 Å². The van der Waals surface area contributed by atoms with E-state index in [4.69, 9.17) is 11.6 Å². The number of hydrogen-bond acceptors (Lipinski definition) is 3. The third-order valence-electron chi connectivity index (χ3n) is 7.35. The summed E-state index contributed by atoms with van der Waals surface area (Å²) in [6, 6.07) is 21.0. The van der Waals surface area contributed by atoms with Crippen molar-refractivity contribution in [3.8, 4) is 11.5 Å². The number of aromatic hydroxyl groups is 2. The zero-order chi connectivity index (χ0) is 26.6. The maximum absolute atomic E-state index is 14.9. The molecule has 0 spiro atoms. The van der Waals surface area contributed by atoms with E-state index in [1.807, 2.05) is 94.4 Å². The Labute approximate surface area is 230 Å². The summed E-state index contributed by atoms with van der Waals surface area (Å²) in [5.41, 5.74) is 5.54. The first kappa shape index (κ1) is 25.4. The molecule has 37 heavy (non-hydrogen) atoms. The van der Waals surface area contributed by atoms with Gasteiger partial charge >= 0.3 is 0 Å². The van der Waals surface area contributed by atoms with Crippen molar-refractivity contribution in [2.24, 2.45) is 0 Å². The van der Waals surface area contributed by atoms with E-state index in [0.29, 0.717) is 33.8 Å². The first-order valence-corrected chi connectivity index (χ1v) is 13.2. The van der Waals surface area contributed by atoms with E-state index in [1.165, 1.54) is 0 Å². The van der Waals surface area contributed by atoms with Gasteiger partial charge in [0.15, 0.2) is 0 Å². The zero-order valence-corrected chi connectivity index (χ0v) is 23.4. The number of rotatable bonds is 4. The second-order valence-corrected chi connectivity index (χ2v) is 11.1. The van der Waals surface area contributed by atoms with Gasteiger partial charge < -0.3 is 15.1 Å². The molecule has 1 aliphatic rings. The lowest BCUT2D eigenvalue weighted by atomic mass is 9.69. The van der Waals surface area contributed by atoms with Crippen LogP contribution in [0.5, 0.6) is 11.5 Å². The van der Waals surface area contributed by atoms with Gasteiger partial charge in [0.05, 0.1) is 6.54 Å². The standard InChI is InChI=1S/C31H27BrClNO3/c1-17-11-22(12-18(2)28(17)35)31(23-13-19(3)29(36)20(4)14-23)25-15-24(32)9-10-27(25)34(30(31)37)16-21-7-5-6-8-26(21)33/h5-15,35-36H,16H2,1-4H3. The topological polar surface area (TPSA) is 60.8 Å². The zero-order valence-electron chi connectivity index (χ0n) is 21.1. The van der Waals surface area contributed by atoms with Crippen molar-refractivity contribution in [3.63, 3.8) is 0 Å². The molecule has 4 aromatic rings. The molecule has 1 amide bonds. The highest BCUT2D eigenvalue weighted by atomic mass is 79.9. The van der Waals surface area contributed by atoms with Crippen molar-refractivity contribution in [3.05, 3.63) is 121 Å². The van der Waals surface area contributed by atoms with Crippen molar-refractivity contribution in [1.82, 2.24) is 0 Å². The van der Waals surface area contributed by atoms with Crippen molar-refractivity contribution in [1.29, 1.82) is 0 Å². The Morgan fingerprint density at radius 1 is 0.811 bits per heavy atom. The number of hydrogen-bond donors (Lipinski definition) is 2. The molecule has 0 bridgehead atoms. The lowest BCUT2D eigenvalue weighted by Crippen LogP contribution is -2.42. The van der Waals surface area contributed by atoms with Gasteiger partial charge in [0, 0.05) is 20.7 Å². The highest BCUT2D eigenvalue weighted by molar-refractivity contribution is 9.10. The fourth-order valence-electron chi connectivity index (χ4n) is 5.49. The third-order valence-corrected chi connectivity index (χ3v) is 8.22. The number of amides is 1. The van der Waals surface area contributed by atoms with Gasteiger partial charge in [0.2, 0.25) is 5.91 Å². The van der Waals surface area contributed by atoms with Crippen molar-refractivity contribution < 1.29 is 15.0 Å². The molecule has 188 valence electrons. The van der Waals surface area contributed by atoms with Crippen LogP contribution in [-0.2, 0) is 16.8 Å². The second kappa shape index (κ2) is 9.23. The SMILES string of the molecule is Cc1cc(C2(c3cc(C)c(O)c(C)c3)C(=O)N(Cc3ccccc3Cl)c3ccc(Br)cc32)cc(C)c1O. The Morgan fingerprint density at radius 3 is 1.84 bits per heavy atom. The van der Waals surface area contributed by atoms with E-state index < -0.39 is 5.41 Å². The number of phenols is 2. The van der Waals surface area contributed by atoms with E-state index in [2.05, 4.69) is 15.9 Å². The summed E-state index contributed by atoms with van der Waals surface area (Å²) in [5.74, 6) is 0.309. The van der Waals surface area contributed by atoms with Crippen LogP contribution in [-0.4, -0.2) is 16.1 Å². The first-order chi connectivity index (χ1) is 17.5. The third kappa shape index (κ3) is 3.92. The predicted octanol–water partition coefficient (Wildman–Crippen LogP) is 7.63. The molecule has 4 aromatic carbocycles. The monoisotopic (exact) mass is 575 g/mol. The Kier molecular flexibility index (Phi) is 6.33. The molecule has 0 atom stereocenters. The molecule has 4 nitrogen and oxygen atoms in total. The van der Waals surface area contributed by atoms with Crippen LogP contribution in [0, 0.1) is 27.7 Å². The molecule has 5 rings (SSSR count). The smallest absolute Gasteiger partial charge is 0.247 e. The second-order valence-electron chi connectivity index (χ2n) is 9.81. The van der Waals surface area contributed by atoms with Gasteiger partial charge in [-0.3, -0.25) is 4.79 Å².